The molecule has 1 aliphatic rings. The molecule has 0 radical (unpaired) electrons. The Bertz CT molecular complexity index is 509. The number of carboxylic acid groups (broad SMARTS) is 1. The minimum atomic E-state index is -1.05. The normalized spacial score (nSPS) is 15.9. The van der Waals surface area contributed by atoms with Crippen molar-refractivity contribution in [3.63, 3.8) is 0 Å². The van der Waals surface area contributed by atoms with Crippen molar-refractivity contribution in [1.29, 1.82) is 0 Å². The van der Waals surface area contributed by atoms with Crippen LogP contribution in [0.3, 0.4) is 0 Å². The van der Waals surface area contributed by atoms with Crippen LogP contribution in [-0.4, -0.2) is 27.1 Å². The first-order chi connectivity index (χ1) is 8.66. The van der Waals surface area contributed by atoms with Gasteiger partial charge in [-0.15, -0.1) is 0 Å². The van der Waals surface area contributed by atoms with Crippen molar-refractivity contribution in [2.75, 3.05) is 5.32 Å². The van der Waals surface area contributed by atoms with Gasteiger partial charge in [-0.25, -0.2) is 14.8 Å². The van der Waals surface area contributed by atoms with E-state index in [1.54, 1.807) is 0 Å². The molecule has 1 aromatic rings. The minimum absolute atomic E-state index is 0.00661. The average molecular weight is 245 g/mol. The summed E-state index contributed by atoms with van der Waals surface area (Å²) in [4.78, 5) is 18.8. The van der Waals surface area contributed by atoms with Crippen LogP contribution in [0.2, 0.25) is 0 Å². The Morgan fingerprint density at radius 3 is 3.00 bits per heavy atom. The summed E-state index contributed by atoms with van der Waals surface area (Å²) >= 11 is 0. The zero-order chi connectivity index (χ0) is 13.0. The van der Waals surface area contributed by atoms with Crippen LogP contribution in [0.5, 0.6) is 0 Å². The molecule has 0 aliphatic heterocycles. The standard InChI is InChI=1S/C13H15N3O2/c1-9(10-5-3-2-4-6-10)15-13-14-8-7-11(16-13)12(17)18/h3,5-9H,2,4H2,1H3,(H,17,18)(H,14,15,16)/t9-/m0/s1. The van der Waals surface area contributed by atoms with E-state index in [0.29, 0.717) is 5.95 Å². The van der Waals surface area contributed by atoms with Gasteiger partial charge in [0.25, 0.3) is 0 Å². The Hall–Kier alpha value is -2.17. The highest BCUT2D eigenvalue weighted by atomic mass is 16.4. The first-order valence-corrected chi connectivity index (χ1v) is 5.86. The van der Waals surface area contributed by atoms with Crippen molar-refractivity contribution in [3.05, 3.63) is 41.8 Å². The van der Waals surface area contributed by atoms with Gasteiger partial charge >= 0.3 is 5.97 Å². The van der Waals surface area contributed by atoms with Crippen molar-refractivity contribution >= 4 is 11.9 Å². The number of carbonyl (C=O) groups is 1. The molecule has 1 aliphatic carbocycles. The second kappa shape index (κ2) is 5.44. The van der Waals surface area contributed by atoms with Gasteiger partial charge in [0.15, 0.2) is 5.69 Å². The highest BCUT2D eigenvalue weighted by Crippen LogP contribution is 2.15. The minimum Gasteiger partial charge on any atom is -0.477 e. The molecule has 2 rings (SSSR count). The van der Waals surface area contributed by atoms with E-state index < -0.39 is 5.97 Å². The Morgan fingerprint density at radius 2 is 2.33 bits per heavy atom. The molecule has 5 nitrogen and oxygen atoms in total. The third kappa shape index (κ3) is 2.94. The van der Waals surface area contributed by atoms with Crippen LogP contribution in [0.15, 0.2) is 36.1 Å². The van der Waals surface area contributed by atoms with Crippen molar-refractivity contribution in [3.8, 4) is 0 Å². The Morgan fingerprint density at radius 1 is 1.50 bits per heavy atom. The number of allylic oxidation sites excluding steroid dienone is 2. The van der Waals surface area contributed by atoms with Gasteiger partial charge in [0.05, 0.1) is 6.04 Å². The number of hydrogen-bond acceptors (Lipinski definition) is 4. The molecule has 0 unspecified atom stereocenters. The maximum absolute atomic E-state index is 10.8. The summed E-state index contributed by atoms with van der Waals surface area (Å²) in [5.41, 5.74) is 1.17. The summed E-state index contributed by atoms with van der Waals surface area (Å²) in [6.45, 7) is 2.00. The van der Waals surface area contributed by atoms with Crippen LogP contribution in [0.4, 0.5) is 5.95 Å². The van der Waals surface area contributed by atoms with E-state index in [-0.39, 0.29) is 11.7 Å². The first kappa shape index (κ1) is 12.3. The molecule has 0 aromatic carbocycles. The molecule has 18 heavy (non-hydrogen) atoms. The molecule has 0 saturated heterocycles. The van der Waals surface area contributed by atoms with E-state index in [2.05, 4.69) is 33.5 Å². The van der Waals surface area contributed by atoms with Gasteiger partial charge in [-0.3, -0.25) is 0 Å². The number of carboxylic acids is 1. The smallest absolute Gasteiger partial charge is 0.354 e. The molecule has 0 amide bonds. The summed E-state index contributed by atoms with van der Waals surface area (Å²) in [5.74, 6) is -0.716. The number of anilines is 1. The van der Waals surface area contributed by atoms with Crippen molar-refractivity contribution in [2.45, 2.75) is 25.8 Å². The summed E-state index contributed by atoms with van der Waals surface area (Å²) in [7, 11) is 0. The summed E-state index contributed by atoms with van der Waals surface area (Å²) in [6.07, 6.45) is 9.91. The van der Waals surface area contributed by atoms with E-state index in [0.717, 1.165) is 12.8 Å². The maximum atomic E-state index is 10.8. The topological polar surface area (TPSA) is 75.1 Å². The van der Waals surface area contributed by atoms with E-state index in [9.17, 15) is 4.79 Å². The van der Waals surface area contributed by atoms with Crippen LogP contribution >= 0.6 is 0 Å². The molecule has 2 N–H and O–H groups in total. The largest absolute Gasteiger partial charge is 0.477 e. The number of aromatic carboxylic acids is 1. The third-order valence-corrected chi connectivity index (χ3v) is 2.74. The molecule has 0 bridgehead atoms. The third-order valence-electron chi connectivity index (χ3n) is 2.74. The van der Waals surface area contributed by atoms with Gasteiger partial charge < -0.3 is 10.4 Å². The Kier molecular flexibility index (Phi) is 3.72. The zero-order valence-corrected chi connectivity index (χ0v) is 10.1. The van der Waals surface area contributed by atoms with Gasteiger partial charge in [-0.2, -0.15) is 0 Å². The highest BCUT2D eigenvalue weighted by molar-refractivity contribution is 5.85. The Labute approximate surface area is 105 Å². The lowest BCUT2D eigenvalue weighted by Gasteiger charge is -2.17. The number of nitrogens with zero attached hydrogens (tertiary/aromatic N) is 2. The maximum Gasteiger partial charge on any atom is 0.354 e. The predicted molar refractivity (Wildman–Crippen MR) is 68.5 cm³/mol. The molecule has 0 spiro atoms. The van der Waals surface area contributed by atoms with E-state index in [4.69, 9.17) is 5.11 Å². The molecular formula is C13H15N3O2. The fourth-order valence-corrected chi connectivity index (χ4v) is 1.78. The van der Waals surface area contributed by atoms with Crippen LogP contribution < -0.4 is 5.32 Å². The van der Waals surface area contributed by atoms with Gasteiger partial charge in [0, 0.05) is 6.20 Å². The van der Waals surface area contributed by atoms with E-state index >= 15 is 0 Å². The van der Waals surface area contributed by atoms with Gasteiger partial charge in [-0.05, 0) is 31.4 Å². The van der Waals surface area contributed by atoms with Crippen molar-refractivity contribution < 1.29 is 9.90 Å². The number of hydrogen-bond donors (Lipinski definition) is 2. The fourth-order valence-electron chi connectivity index (χ4n) is 1.78. The molecule has 0 fully saturated rings. The first-order valence-electron chi connectivity index (χ1n) is 5.86. The number of nitrogens with one attached hydrogen (secondary N) is 1. The lowest BCUT2D eigenvalue weighted by molar-refractivity contribution is 0.0690. The lowest BCUT2D eigenvalue weighted by atomic mass is 10.0. The number of aromatic nitrogens is 2. The van der Waals surface area contributed by atoms with Crippen LogP contribution in [0.25, 0.3) is 0 Å². The molecule has 5 heteroatoms. The molecule has 94 valence electrons. The monoisotopic (exact) mass is 245 g/mol. The van der Waals surface area contributed by atoms with Crippen LogP contribution in [0.1, 0.15) is 30.3 Å². The van der Waals surface area contributed by atoms with Gasteiger partial charge in [-0.1, -0.05) is 18.2 Å². The zero-order valence-electron chi connectivity index (χ0n) is 10.1. The van der Waals surface area contributed by atoms with Gasteiger partial charge in [0.2, 0.25) is 5.95 Å². The van der Waals surface area contributed by atoms with Crippen molar-refractivity contribution in [2.24, 2.45) is 0 Å². The predicted octanol–water partition coefficient (Wildman–Crippen LogP) is 2.25. The van der Waals surface area contributed by atoms with E-state index in [1.165, 1.54) is 17.8 Å². The highest BCUT2D eigenvalue weighted by Gasteiger charge is 2.11. The van der Waals surface area contributed by atoms with E-state index in [1.807, 2.05) is 6.92 Å². The molecule has 1 aromatic heterocycles. The second-order valence-corrected chi connectivity index (χ2v) is 4.12. The lowest BCUT2D eigenvalue weighted by Crippen LogP contribution is -2.20. The Balaban J connectivity index is 2.09. The SMILES string of the molecule is C[C@H](Nc1nccc(C(=O)O)n1)C1=CCCC=C1. The average Bonchev–Trinajstić information content (AvgIpc) is 2.40. The molecule has 1 atom stereocenters. The fraction of sp³-hybridized carbons (Fsp3) is 0.308. The van der Waals surface area contributed by atoms with Gasteiger partial charge in [0.1, 0.15) is 0 Å². The molecular weight excluding hydrogens is 230 g/mol. The number of rotatable bonds is 4. The second-order valence-electron chi connectivity index (χ2n) is 4.12. The van der Waals surface area contributed by atoms with Crippen molar-refractivity contribution in [1.82, 2.24) is 9.97 Å². The molecule has 0 saturated carbocycles. The molecule has 1 heterocycles. The van der Waals surface area contributed by atoms with Crippen LogP contribution in [-0.2, 0) is 0 Å². The quantitative estimate of drug-likeness (QED) is 0.851. The van der Waals surface area contributed by atoms with Crippen LogP contribution in [0, 0.1) is 0 Å². The summed E-state index contributed by atoms with van der Waals surface area (Å²) < 4.78 is 0. The summed E-state index contributed by atoms with van der Waals surface area (Å²) in [6, 6.07) is 1.43. The summed E-state index contributed by atoms with van der Waals surface area (Å²) in [5, 5.41) is 12.0.